The first kappa shape index (κ1) is 14.4. The maximum Gasteiger partial charge on any atom is 0.122 e. The van der Waals surface area contributed by atoms with E-state index in [0.717, 1.165) is 25.2 Å². The van der Waals surface area contributed by atoms with Crippen molar-refractivity contribution in [2.75, 3.05) is 13.2 Å². The minimum Gasteiger partial charge on any atom is -0.491 e. The van der Waals surface area contributed by atoms with Crippen LogP contribution in [0.1, 0.15) is 37.3 Å². The van der Waals surface area contributed by atoms with Gasteiger partial charge in [-0.15, -0.1) is 0 Å². The zero-order valence-electron chi connectivity index (χ0n) is 12.0. The molecule has 0 bridgehead atoms. The predicted molar refractivity (Wildman–Crippen MR) is 77.6 cm³/mol. The standard InChI is InChI=1S/C16H25NO2/c1-12-6-7-16(14(9-12)10-13(2)17)19-11-15-5-3-4-8-18-15/h6-7,9,13,15H,3-5,8,10-11,17H2,1-2H3. The van der Waals surface area contributed by atoms with Gasteiger partial charge in [-0.2, -0.15) is 0 Å². The molecule has 2 rings (SSSR count). The Kier molecular flexibility index (Phi) is 5.23. The summed E-state index contributed by atoms with van der Waals surface area (Å²) in [5.74, 6) is 0.956. The molecule has 2 N–H and O–H groups in total. The van der Waals surface area contributed by atoms with Crippen molar-refractivity contribution in [1.82, 2.24) is 0 Å². The second kappa shape index (κ2) is 6.92. The summed E-state index contributed by atoms with van der Waals surface area (Å²) in [6, 6.07) is 6.45. The van der Waals surface area contributed by atoms with E-state index in [-0.39, 0.29) is 12.1 Å². The van der Waals surface area contributed by atoms with Crippen LogP contribution in [0.4, 0.5) is 0 Å². The van der Waals surface area contributed by atoms with E-state index in [4.69, 9.17) is 15.2 Å². The topological polar surface area (TPSA) is 44.5 Å². The van der Waals surface area contributed by atoms with Crippen molar-refractivity contribution in [3.63, 3.8) is 0 Å². The van der Waals surface area contributed by atoms with Gasteiger partial charge >= 0.3 is 0 Å². The first-order chi connectivity index (χ1) is 9.15. The number of hydrogen-bond acceptors (Lipinski definition) is 3. The predicted octanol–water partition coefficient (Wildman–Crippen LogP) is 2.83. The fourth-order valence-corrected chi connectivity index (χ4v) is 2.48. The molecule has 3 heteroatoms. The van der Waals surface area contributed by atoms with Gasteiger partial charge in [0.05, 0.1) is 6.10 Å². The second-order valence-corrected chi connectivity index (χ2v) is 5.59. The number of nitrogens with two attached hydrogens (primary N) is 1. The minimum absolute atomic E-state index is 0.148. The molecule has 0 amide bonds. The lowest BCUT2D eigenvalue weighted by molar-refractivity contribution is -0.0112. The molecule has 1 fully saturated rings. The fraction of sp³-hybridized carbons (Fsp3) is 0.625. The molecule has 0 aromatic heterocycles. The molecule has 2 atom stereocenters. The quantitative estimate of drug-likeness (QED) is 0.888. The van der Waals surface area contributed by atoms with Gasteiger partial charge in [-0.1, -0.05) is 17.7 Å². The van der Waals surface area contributed by atoms with Crippen molar-refractivity contribution in [3.05, 3.63) is 29.3 Å². The molecule has 106 valence electrons. The minimum atomic E-state index is 0.148. The van der Waals surface area contributed by atoms with Crippen LogP contribution < -0.4 is 10.5 Å². The highest BCUT2D eigenvalue weighted by atomic mass is 16.5. The van der Waals surface area contributed by atoms with Gasteiger partial charge in [0.2, 0.25) is 0 Å². The summed E-state index contributed by atoms with van der Waals surface area (Å²) < 4.78 is 11.6. The maximum atomic E-state index is 5.95. The first-order valence-electron chi connectivity index (χ1n) is 7.24. The van der Waals surface area contributed by atoms with Crippen LogP contribution in [-0.4, -0.2) is 25.4 Å². The van der Waals surface area contributed by atoms with Crippen molar-refractivity contribution in [1.29, 1.82) is 0 Å². The molecule has 0 aliphatic carbocycles. The van der Waals surface area contributed by atoms with Crippen LogP contribution in [0.15, 0.2) is 18.2 Å². The number of hydrogen-bond donors (Lipinski definition) is 1. The highest BCUT2D eigenvalue weighted by Crippen LogP contribution is 2.23. The summed E-state index contributed by atoms with van der Waals surface area (Å²) in [6.45, 7) is 5.64. The van der Waals surface area contributed by atoms with Gasteiger partial charge in [0.25, 0.3) is 0 Å². The van der Waals surface area contributed by atoms with Crippen LogP contribution in [0.2, 0.25) is 0 Å². The Morgan fingerprint density at radius 1 is 1.42 bits per heavy atom. The van der Waals surface area contributed by atoms with Crippen LogP contribution in [0, 0.1) is 6.92 Å². The smallest absolute Gasteiger partial charge is 0.122 e. The third-order valence-corrected chi connectivity index (χ3v) is 3.46. The molecule has 19 heavy (non-hydrogen) atoms. The van der Waals surface area contributed by atoms with Crippen LogP contribution in [0.25, 0.3) is 0 Å². The van der Waals surface area contributed by atoms with E-state index >= 15 is 0 Å². The Bertz CT molecular complexity index is 398. The van der Waals surface area contributed by atoms with Gasteiger partial charge in [0.15, 0.2) is 0 Å². The van der Waals surface area contributed by atoms with Crippen molar-refractivity contribution < 1.29 is 9.47 Å². The summed E-state index contributed by atoms with van der Waals surface area (Å²) in [4.78, 5) is 0. The Labute approximate surface area is 116 Å². The molecule has 0 saturated carbocycles. The Morgan fingerprint density at radius 3 is 2.95 bits per heavy atom. The van der Waals surface area contributed by atoms with Crippen molar-refractivity contribution in [3.8, 4) is 5.75 Å². The van der Waals surface area contributed by atoms with E-state index in [1.54, 1.807) is 0 Å². The number of benzene rings is 1. The maximum absolute atomic E-state index is 5.95. The average Bonchev–Trinajstić information content (AvgIpc) is 2.38. The van der Waals surface area contributed by atoms with Crippen LogP contribution in [-0.2, 0) is 11.2 Å². The SMILES string of the molecule is Cc1ccc(OCC2CCCCO2)c(CC(C)N)c1. The lowest BCUT2D eigenvalue weighted by Crippen LogP contribution is -2.26. The zero-order chi connectivity index (χ0) is 13.7. The van der Waals surface area contributed by atoms with Gasteiger partial charge < -0.3 is 15.2 Å². The Morgan fingerprint density at radius 2 is 2.26 bits per heavy atom. The summed E-state index contributed by atoms with van der Waals surface area (Å²) in [5.41, 5.74) is 8.35. The molecular formula is C16H25NO2. The number of aryl methyl sites for hydroxylation is 1. The molecule has 1 aliphatic rings. The third kappa shape index (κ3) is 4.51. The Hall–Kier alpha value is -1.06. The monoisotopic (exact) mass is 263 g/mol. The molecular weight excluding hydrogens is 238 g/mol. The van der Waals surface area contributed by atoms with Gasteiger partial charge in [-0.05, 0) is 51.2 Å². The average molecular weight is 263 g/mol. The molecule has 1 aromatic rings. The molecule has 1 aliphatic heterocycles. The highest BCUT2D eigenvalue weighted by Gasteiger charge is 2.15. The van der Waals surface area contributed by atoms with Crippen molar-refractivity contribution >= 4 is 0 Å². The molecule has 3 nitrogen and oxygen atoms in total. The normalized spacial score (nSPS) is 21.1. The molecule has 1 heterocycles. The van der Waals surface area contributed by atoms with E-state index in [0.29, 0.717) is 6.61 Å². The van der Waals surface area contributed by atoms with E-state index in [1.807, 2.05) is 6.92 Å². The molecule has 1 saturated heterocycles. The second-order valence-electron chi connectivity index (χ2n) is 5.59. The summed E-state index contributed by atoms with van der Waals surface area (Å²) >= 11 is 0. The highest BCUT2D eigenvalue weighted by molar-refractivity contribution is 5.37. The Balaban J connectivity index is 1.97. The molecule has 0 radical (unpaired) electrons. The van der Waals surface area contributed by atoms with Gasteiger partial charge in [0.1, 0.15) is 12.4 Å². The lowest BCUT2D eigenvalue weighted by atomic mass is 10.0. The summed E-state index contributed by atoms with van der Waals surface area (Å²) in [5, 5.41) is 0. The van der Waals surface area contributed by atoms with Gasteiger partial charge in [-0.3, -0.25) is 0 Å². The van der Waals surface area contributed by atoms with Crippen molar-refractivity contribution in [2.24, 2.45) is 5.73 Å². The fourth-order valence-electron chi connectivity index (χ4n) is 2.48. The summed E-state index contributed by atoms with van der Waals surface area (Å²) in [6.07, 6.45) is 4.63. The van der Waals surface area contributed by atoms with E-state index in [9.17, 15) is 0 Å². The number of ether oxygens (including phenoxy) is 2. The summed E-state index contributed by atoms with van der Waals surface area (Å²) in [7, 11) is 0. The molecule has 1 aromatic carbocycles. The first-order valence-corrected chi connectivity index (χ1v) is 7.24. The van der Waals surface area contributed by atoms with Crippen molar-refractivity contribution in [2.45, 2.75) is 51.7 Å². The third-order valence-electron chi connectivity index (χ3n) is 3.46. The van der Waals surface area contributed by atoms with E-state index in [1.165, 1.54) is 24.0 Å². The van der Waals surface area contributed by atoms with E-state index < -0.39 is 0 Å². The van der Waals surface area contributed by atoms with Crippen LogP contribution in [0.3, 0.4) is 0 Å². The van der Waals surface area contributed by atoms with Gasteiger partial charge in [-0.25, -0.2) is 0 Å². The van der Waals surface area contributed by atoms with E-state index in [2.05, 4.69) is 25.1 Å². The van der Waals surface area contributed by atoms with Gasteiger partial charge in [0, 0.05) is 12.6 Å². The largest absolute Gasteiger partial charge is 0.491 e. The molecule has 0 spiro atoms. The number of rotatable bonds is 5. The van der Waals surface area contributed by atoms with Crippen LogP contribution >= 0.6 is 0 Å². The zero-order valence-corrected chi connectivity index (χ0v) is 12.0. The van der Waals surface area contributed by atoms with Crippen LogP contribution in [0.5, 0.6) is 5.75 Å². The molecule has 2 unspecified atom stereocenters. The lowest BCUT2D eigenvalue weighted by Gasteiger charge is -2.23.